The van der Waals surface area contributed by atoms with Crippen molar-refractivity contribution in [3.05, 3.63) is 16.1 Å². The molecule has 0 bridgehead atoms. The van der Waals surface area contributed by atoms with E-state index in [2.05, 4.69) is 36.5 Å². The van der Waals surface area contributed by atoms with Crippen molar-refractivity contribution in [3.63, 3.8) is 0 Å². The first-order valence-electron chi connectivity index (χ1n) is 5.38. The molecular formula is C11H20N2S. The predicted octanol–water partition coefficient (Wildman–Crippen LogP) is 2.98. The van der Waals surface area contributed by atoms with Crippen molar-refractivity contribution in [2.24, 2.45) is 5.92 Å². The lowest BCUT2D eigenvalue weighted by Crippen LogP contribution is -2.21. The van der Waals surface area contributed by atoms with Gasteiger partial charge >= 0.3 is 0 Å². The van der Waals surface area contributed by atoms with E-state index >= 15 is 0 Å². The molecule has 2 nitrogen and oxygen atoms in total. The highest BCUT2D eigenvalue weighted by Gasteiger charge is 2.03. The van der Waals surface area contributed by atoms with E-state index in [0.717, 1.165) is 24.0 Å². The minimum atomic E-state index is 0.815. The Hall–Kier alpha value is -0.410. The van der Waals surface area contributed by atoms with Crippen molar-refractivity contribution in [3.8, 4) is 0 Å². The minimum Gasteiger partial charge on any atom is -0.311 e. The number of thiazole rings is 1. The van der Waals surface area contributed by atoms with Gasteiger partial charge in [0.15, 0.2) is 0 Å². The van der Waals surface area contributed by atoms with Crippen LogP contribution in [0.5, 0.6) is 0 Å². The lowest BCUT2D eigenvalue weighted by atomic mass is 10.0. The van der Waals surface area contributed by atoms with E-state index in [1.54, 1.807) is 11.3 Å². The Morgan fingerprint density at radius 2 is 2.14 bits per heavy atom. The first-order valence-corrected chi connectivity index (χ1v) is 6.25. The fourth-order valence-corrected chi connectivity index (χ4v) is 2.08. The van der Waals surface area contributed by atoms with Crippen LogP contribution in [0, 0.1) is 12.8 Å². The fraction of sp³-hybridized carbons (Fsp3) is 0.727. The zero-order valence-corrected chi connectivity index (χ0v) is 10.2. The molecule has 3 heteroatoms. The van der Waals surface area contributed by atoms with Crippen molar-refractivity contribution >= 4 is 11.3 Å². The molecule has 1 heterocycles. The summed E-state index contributed by atoms with van der Waals surface area (Å²) in [6.45, 7) is 8.59. The van der Waals surface area contributed by atoms with Crippen molar-refractivity contribution in [1.82, 2.24) is 10.3 Å². The van der Waals surface area contributed by atoms with Gasteiger partial charge in [0.1, 0.15) is 0 Å². The van der Waals surface area contributed by atoms with E-state index in [0.29, 0.717) is 0 Å². The molecular weight excluding hydrogens is 192 g/mol. The molecule has 0 spiro atoms. The number of rotatable bonds is 6. The normalized spacial score (nSPS) is 11.1. The second kappa shape index (κ2) is 6.14. The number of nitrogens with one attached hydrogen (secondary N) is 1. The van der Waals surface area contributed by atoms with Crippen LogP contribution >= 0.6 is 11.3 Å². The minimum absolute atomic E-state index is 0.815. The second-order valence-corrected chi connectivity index (χ2v) is 4.73. The van der Waals surface area contributed by atoms with Crippen LogP contribution in [0.3, 0.4) is 0 Å². The molecule has 0 aromatic carbocycles. The van der Waals surface area contributed by atoms with Crippen LogP contribution in [0.25, 0.3) is 0 Å². The molecule has 1 N–H and O–H groups in total. The largest absolute Gasteiger partial charge is 0.311 e. The smallest absolute Gasteiger partial charge is 0.0897 e. The summed E-state index contributed by atoms with van der Waals surface area (Å²) < 4.78 is 0. The molecule has 1 aromatic heterocycles. The van der Waals surface area contributed by atoms with Gasteiger partial charge in [-0.15, -0.1) is 11.3 Å². The van der Waals surface area contributed by atoms with Gasteiger partial charge in [-0.05, 0) is 19.4 Å². The van der Waals surface area contributed by atoms with Crippen molar-refractivity contribution in [1.29, 1.82) is 0 Å². The van der Waals surface area contributed by atoms with Gasteiger partial charge in [0, 0.05) is 11.9 Å². The Labute approximate surface area is 90.8 Å². The Morgan fingerprint density at radius 1 is 1.43 bits per heavy atom. The quantitative estimate of drug-likeness (QED) is 0.784. The van der Waals surface area contributed by atoms with Gasteiger partial charge in [-0.2, -0.15) is 0 Å². The van der Waals surface area contributed by atoms with Gasteiger partial charge in [0.25, 0.3) is 0 Å². The average molecular weight is 212 g/mol. The summed E-state index contributed by atoms with van der Waals surface area (Å²) in [5, 5.41) is 6.75. The molecule has 0 saturated carbocycles. The van der Waals surface area contributed by atoms with Crippen LogP contribution in [-0.2, 0) is 6.54 Å². The molecule has 0 aliphatic heterocycles. The van der Waals surface area contributed by atoms with Crippen LogP contribution in [0.1, 0.15) is 37.4 Å². The standard InChI is InChI=1S/C11H20N2S/c1-4-10(5-2)6-12-7-11-8-14-9(3)13-11/h8,10,12H,4-7H2,1-3H3. The topological polar surface area (TPSA) is 24.9 Å². The summed E-state index contributed by atoms with van der Waals surface area (Å²) in [5.74, 6) is 0.815. The molecule has 0 aliphatic rings. The highest BCUT2D eigenvalue weighted by Crippen LogP contribution is 2.09. The predicted molar refractivity (Wildman–Crippen MR) is 62.6 cm³/mol. The van der Waals surface area contributed by atoms with Gasteiger partial charge in [0.05, 0.1) is 10.7 Å². The summed E-state index contributed by atoms with van der Waals surface area (Å²) in [6.07, 6.45) is 2.53. The van der Waals surface area contributed by atoms with Crippen molar-refractivity contribution in [2.75, 3.05) is 6.54 Å². The third kappa shape index (κ3) is 3.76. The van der Waals surface area contributed by atoms with E-state index in [9.17, 15) is 0 Å². The lowest BCUT2D eigenvalue weighted by Gasteiger charge is -2.12. The first-order chi connectivity index (χ1) is 6.76. The Bertz CT molecular complexity index is 254. The number of hydrogen-bond donors (Lipinski definition) is 1. The third-order valence-electron chi connectivity index (χ3n) is 2.56. The number of hydrogen-bond acceptors (Lipinski definition) is 3. The molecule has 0 unspecified atom stereocenters. The molecule has 14 heavy (non-hydrogen) atoms. The van der Waals surface area contributed by atoms with Crippen LogP contribution in [0.2, 0.25) is 0 Å². The highest BCUT2D eigenvalue weighted by atomic mass is 32.1. The van der Waals surface area contributed by atoms with Gasteiger partial charge in [-0.1, -0.05) is 26.7 Å². The van der Waals surface area contributed by atoms with Crippen LogP contribution in [0.15, 0.2) is 5.38 Å². The number of nitrogens with zero attached hydrogens (tertiary/aromatic N) is 1. The number of aromatic nitrogens is 1. The van der Waals surface area contributed by atoms with E-state index < -0.39 is 0 Å². The summed E-state index contributed by atoms with van der Waals surface area (Å²) in [7, 11) is 0. The molecule has 0 radical (unpaired) electrons. The molecule has 0 fully saturated rings. The van der Waals surface area contributed by atoms with E-state index in [1.165, 1.54) is 18.5 Å². The lowest BCUT2D eigenvalue weighted by molar-refractivity contribution is 0.448. The van der Waals surface area contributed by atoms with Crippen molar-refractivity contribution in [2.45, 2.75) is 40.2 Å². The Kier molecular flexibility index (Phi) is 5.12. The van der Waals surface area contributed by atoms with Crippen LogP contribution < -0.4 is 5.32 Å². The SMILES string of the molecule is CCC(CC)CNCc1csc(C)n1. The number of aryl methyl sites for hydroxylation is 1. The average Bonchev–Trinajstić information content (AvgIpc) is 2.59. The van der Waals surface area contributed by atoms with Gasteiger partial charge < -0.3 is 5.32 Å². The molecule has 80 valence electrons. The maximum atomic E-state index is 4.42. The first kappa shape index (κ1) is 11.7. The summed E-state index contributed by atoms with van der Waals surface area (Å²) >= 11 is 1.72. The summed E-state index contributed by atoms with van der Waals surface area (Å²) in [5.41, 5.74) is 1.18. The second-order valence-electron chi connectivity index (χ2n) is 3.67. The maximum absolute atomic E-state index is 4.42. The molecule has 1 aromatic rings. The summed E-state index contributed by atoms with van der Waals surface area (Å²) in [4.78, 5) is 4.42. The van der Waals surface area contributed by atoms with Gasteiger partial charge in [-0.3, -0.25) is 0 Å². The molecule has 0 atom stereocenters. The summed E-state index contributed by atoms with van der Waals surface area (Å²) in [6, 6.07) is 0. The van der Waals surface area contributed by atoms with Gasteiger partial charge in [-0.25, -0.2) is 4.98 Å². The zero-order chi connectivity index (χ0) is 10.4. The van der Waals surface area contributed by atoms with E-state index in [4.69, 9.17) is 0 Å². The molecule has 0 aliphatic carbocycles. The molecule has 0 saturated heterocycles. The maximum Gasteiger partial charge on any atom is 0.0897 e. The monoisotopic (exact) mass is 212 g/mol. The Morgan fingerprint density at radius 3 is 2.64 bits per heavy atom. The Balaban J connectivity index is 2.21. The van der Waals surface area contributed by atoms with E-state index in [1.807, 2.05) is 0 Å². The van der Waals surface area contributed by atoms with Crippen LogP contribution in [0.4, 0.5) is 0 Å². The van der Waals surface area contributed by atoms with Crippen molar-refractivity contribution < 1.29 is 0 Å². The highest BCUT2D eigenvalue weighted by molar-refractivity contribution is 7.09. The third-order valence-corrected chi connectivity index (χ3v) is 3.38. The van der Waals surface area contributed by atoms with E-state index in [-0.39, 0.29) is 0 Å². The fourth-order valence-electron chi connectivity index (χ4n) is 1.47. The molecule has 0 amide bonds. The van der Waals surface area contributed by atoms with Crippen LogP contribution in [-0.4, -0.2) is 11.5 Å². The van der Waals surface area contributed by atoms with Gasteiger partial charge in [0.2, 0.25) is 0 Å². The zero-order valence-electron chi connectivity index (χ0n) is 9.34. The molecule has 1 rings (SSSR count).